The van der Waals surface area contributed by atoms with Gasteiger partial charge in [0, 0.05) is 18.3 Å². The average Bonchev–Trinajstić information content (AvgIpc) is 3.34. The molecular weight excluding hydrogens is 264 g/mol. The first-order valence-electron chi connectivity index (χ1n) is 8.62. The molecule has 2 aliphatic carbocycles. The van der Waals surface area contributed by atoms with E-state index in [9.17, 15) is 9.90 Å². The van der Waals surface area contributed by atoms with Crippen LogP contribution < -0.4 is 0 Å². The molecule has 1 aliphatic heterocycles. The summed E-state index contributed by atoms with van der Waals surface area (Å²) >= 11 is 0. The number of allylic oxidation sites excluding steroid dienone is 2. The van der Waals surface area contributed by atoms with Gasteiger partial charge < -0.3 is 10.0 Å². The lowest BCUT2D eigenvalue weighted by Gasteiger charge is -2.34. The second kappa shape index (κ2) is 6.93. The predicted octanol–water partition coefficient (Wildman–Crippen LogP) is 2.14. The Hall–Kier alpha value is -0.870. The number of aliphatic hydroxyl groups is 1. The molecule has 21 heavy (non-hydrogen) atoms. The van der Waals surface area contributed by atoms with Gasteiger partial charge in [0.05, 0.1) is 6.54 Å². The second-order valence-corrected chi connectivity index (χ2v) is 6.84. The van der Waals surface area contributed by atoms with Crippen molar-refractivity contribution in [1.82, 2.24) is 9.80 Å². The maximum Gasteiger partial charge on any atom is 0.241 e. The summed E-state index contributed by atoms with van der Waals surface area (Å²) < 4.78 is 0. The number of rotatable bonds is 5. The van der Waals surface area contributed by atoms with Gasteiger partial charge in [-0.15, -0.1) is 0 Å². The Morgan fingerprint density at radius 1 is 1.24 bits per heavy atom. The maximum absolute atomic E-state index is 12.7. The van der Waals surface area contributed by atoms with Crippen LogP contribution in [0.15, 0.2) is 11.8 Å². The van der Waals surface area contributed by atoms with Gasteiger partial charge in [-0.05, 0) is 70.4 Å². The maximum atomic E-state index is 12.7. The highest BCUT2D eigenvalue weighted by Gasteiger charge is 2.35. The Morgan fingerprint density at radius 2 is 2.00 bits per heavy atom. The van der Waals surface area contributed by atoms with Crippen LogP contribution in [-0.4, -0.2) is 53.1 Å². The number of piperidine rings is 1. The van der Waals surface area contributed by atoms with E-state index in [1.54, 1.807) is 0 Å². The number of aliphatic hydroxyl groups excluding tert-OH is 1. The minimum Gasteiger partial charge on any atom is -0.396 e. The third kappa shape index (κ3) is 3.86. The Labute approximate surface area is 127 Å². The van der Waals surface area contributed by atoms with Crippen molar-refractivity contribution in [2.45, 2.75) is 57.4 Å². The zero-order chi connectivity index (χ0) is 14.7. The first-order chi connectivity index (χ1) is 10.3. The van der Waals surface area contributed by atoms with Crippen LogP contribution in [0.5, 0.6) is 0 Å². The highest BCUT2D eigenvalue weighted by molar-refractivity contribution is 5.80. The lowest BCUT2D eigenvalue weighted by molar-refractivity contribution is -0.131. The third-order valence-corrected chi connectivity index (χ3v) is 5.08. The standard InChI is InChI=1S/C17H28N2O2/c20-13-14-8-10-18(11-9-14)12-17(21)19(16-6-7-16)15-4-2-1-3-5-15/h4,14,16,20H,1-3,5-13H2. The van der Waals surface area contributed by atoms with Crippen LogP contribution >= 0.6 is 0 Å². The van der Waals surface area contributed by atoms with Crippen LogP contribution in [0.4, 0.5) is 0 Å². The van der Waals surface area contributed by atoms with Crippen molar-refractivity contribution >= 4 is 5.91 Å². The highest BCUT2D eigenvalue weighted by atomic mass is 16.3. The van der Waals surface area contributed by atoms with Gasteiger partial charge >= 0.3 is 0 Å². The minimum atomic E-state index is 0.295. The first-order valence-corrected chi connectivity index (χ1v) is 8.62. The van der Waals surface area contributed by atoms with E-state index in [-0.39, 0.29) is 0 Å². The summed E-state index contributed by atoms with van der Waals surface area (Å²) in [7, 11) is 0. The van der Waals surface area contributed by atoms with E-state index in [2.05, 4.69) is 15.9 Å². The largest absolute Gasteiger partial charge is 0.396 e. The molecule has 118 valence electrons. The summed E-state index contributed by atoms with van der Waals surface area (Å²) in [6.07, 6.45) is 11.4. The number of hydrogen-bond acceptors (Lipinski definition) is 3. The fourth-order valence-corrected chi connectivity index (χ4v) is 3.57. The van der Waals surface area contributed by atoms with Gasteiger partial charge in [0.15, 0.2) is 0 Å². The van der Waals surface area contributed by atoms with Crippen molar-refractivity contribution in [2.75, 3.05) is 26.2 Å². The topological polar surface area (TPSA) is 43.8 Å². The van der Waals surface area contributed by atoms with Crippen LogP contribution in [-0.2, 0) is 4.79 Å². The smallest absolute Gasteiger partial charge is 0.241 e. The number of nitrogens with zero attached hydrogens (tertiary/aromatic N) is 2. The first kappa shape index (κ1) is 15.0. The highest BCUT2D eigenvalue weighted by Crippen LogP contribution is 2.34. The van der Waals surface area contributed by atoms with Crippen LogP contribution in [0, 0.1) is 5.92 Å². The average molecular weight is 292 g/mol. The monoisotopic (exact) mass is 292 g/mol. The quantitative estimate of drug-likeness (QED) is 0.844. The normalized spacial score (nSPS) is 24.7. The van der Waals surface area contributed by atoms with E-state index in [0.29, 0.717) is 31.0 Å². The van der Waals surface area contributed by atoms with Gasteiger partial charge in [0.25, 0.3) is 0 Å². The summed E-state index contributed by atoms with van der Waals surface area (Å²) in [6, 6.07) is 0.483. The SMILES string of the molecule is O=C(CN1CCC(CO)CC1)N(C1=CCCCC1)C1CC1. The number of hydrogen-bond donors (Lipinski definition) is 1. The predicted molar refractivity (Wildman–Crippen MR) is 82.7 cm³/mol. The summed E-state index contributed by atoms with van der Waals surface area (Å²) in [5.74, 6) is 0.741. The molecule has 1 saturated heterocycles. The second-order valence-electron chi connectivity index (χ2n) is 6.84. The molecule has 3 aliphatic rings. The molecule has 0 bridgehead atoms. The molecule has 3 rings (SSSR count). The Morgan fingerprint density at radius 3 is 2.57 bits per heavy atom. The Bertz CT molecular complexity index is 396. The van der Waals surface area contributed by atoms with Crippen molar-refractivity contribution in [2.24, 2.45) is 5.92 Å². The summed E-state index contributed by atoms with van der Waals surface area (Å²) in [6.45, 7) is 2.76. The molecule has 1 saturated carbocycles. The van der Waals surface area contributed by atoms with Gasteiger partial charge in [-0.25, -0.2) is 0 Å². The molecule has 0 atom stereocenters. The molecule has 0 aromatic heterocycles. The molecule has 0 spiro atoms. The van der Waals surface area contributed by atoms with Gasteiger partial charge in [-0.2, -0.15) is 0 Å². The number of carbonyl (C=O) groups excluding carboxylic acids is 1. The van der Waals surface area contributed by atoms with Crippen LogP contribution in [0.1, 0.15) is 51.4 Å². The molecule has 4 nitrogen and oxygen atoms in total. The summed E-state index contributed by atoms with van der Waals surface area (Å²) in [5.41, 5.74) is 1.29. The lowest BCUT2D eigenvalue weighted by Crippen LogP contribution is -2.44. The molecule has 0 aromatic rings. The van der Waals surface area contributed by atoms with Crippen molar-refractivity contribution in [3.63, 3.8) is 0 Å². The molecule has 1 N–H and O–H groups in total. The molecule has 2 fully saturated rings. The molecule has 4 heteroatoms. The number of amides is 1. The van der Waals surface area contributed by atoms with Crippen molar-refractivity contribution in [1.29, 1.82) is 0 Å². The fourth-order valence-electron chi connectivity index (χ4n) is 3.57. The molecule has 1 amide bonds. The minimum absolute atomic E-state index is 0.295. The zero-order valence-corrected chi connectivity index (χ0v) is 13.0. The molecule has 1 heterocycles. The van der Waals surface area contributed by atoms with Crippen LogP contribution in [0.25, 0.3) is 0 Å². The van der Waals surface area contributed by atoms with Crippen LogP contribution in [0.3, 0.4) is 0 Å². The Balaban J connectivity index is 1.56. The van der Waals surface area contributed by atoms with Crippen molar-refractivity contribution in [3.05, 3.63) is 11.8 Å². The fraction of sp³-hybridized carbons (Fsp3) is 0.824. The van der Waals surface area contributed by atoms with Gasteiger partial charge in [0.2, 0.25) is 5.91 Å². The van der Waals surface area contributed by atoms with Crippen LogP contribution in [0.2, 0.25) is 0 Å². The third-order valence-electron chi connectivity index (χ3n) is 5.08. The van der Waals surface area contributed by atoms with Gasteiger partial charge in [-0.1, -0.05) is 6.08 Å². The van der Waals surface area contributed by atoms with E-state index < -0.39 is 0 Å². The summed E-state index contributed by atoms with van der Waals surface area (Å²) in [5, 5.41) is 9.20. The molecule has 0 aromatic carbocycles. The molecular formula is C17H28N2O2. The van der Waals surface area contributed by atoms with Gasteiger partial charge in [0.1, 0.15) is 0 Å². The van der Waals surface area contributed by atoms with E-state index in [1.807, 2.05) is 0 Å². The van der Waals surface area contributed by atoms with Crippen molar-refractivity contribution < 1.29 is 9.90 Å². The molecule has 0 radical (unpaired) electrons. The van der Waals surface area contributed by atoms with E-state index in [1.165, 1.54) is 31.4 Å². The molecule has 0 unspecified atom stereocenters. The van der Waals surface area contributed by atoms with Gasteiger partial charge in [-0.3, -0.25) is 9.69 Å². The zero-order valence-electron chi connectivity index (χ0n) is 13.0. The summed E-state index contributed by atoms with van der Waals surface area (Å²) in [4.78, 5) is 17.1. The number of carbonyl (C=O) groups is 1. The number of likely N-dealkylation sites (tertiary alicyclic amines) is 1. The van der Waals surface area contributed by atoms with E-state index in [4.69, 9.17) is 0 Å². The lowest BCUT2D eigenvalue weighted by atomic mass is 9.98. The Kier molecular flexibility index (Phi) is 4.96. The van der Waals surface area contributed by atoms with Crippen molar-refractivity contribution in [3.8, 4) is 0 Å². The van der Waals surface area contributed by atoms with E-state index >= 15 is 0 Å². The van der Waals surface area contributed by atoms with E-state index in [0.717, 1.165) is 38.8 Å².